The Morgan fingerprint density at radius 2 is 1.49 bits per heavy atom. The van der Waals surface area contributed by atoms with Crippen molar-refractivity contribution in [1.82, 2.24) is 4.98 Å². The van der Waals surface area contributed by atoms with Crippen molar-refractivity contribution in [3.05, 3.63) is 152 Å². The fraction of sp³-hybridized carbons (Fsp3) is 0.298. The van der Waals surface area contributed by atoms with Gasteiger partial charge in [0.2, 0.25) is 0 Å². The molecular weight excluding hydrogens is 748 g/mol. The summed E-state index contributed by atoms with van der Waals surface area (Å²) in [5, 5.41) is 0.859. The third-order valence-electron chi connectivity index (χ3n) is 9.66. The molecule has 6 rings (SSSR count). The first-order valence-electron chi connectivity index (χ1n) is 19.4. The molecule has 1 aliphatic rings. The summed E-state index contributed by atoms with van der Waals surface area (Å²) in [6, 6.07) is 24.4. The fourth-order valence-electron chi connectivity index (χ4n) is 6.52. The molecule has 0 amide bonds. The van der Waals surface area contributed by atoms with Crippen molar-refractivity contribution in [2.24, 2.45) is 0 Å². The van der Waals surface area contributed by atoms with Gasteiger partial charge in [0.15, 0.2) is 0 Å². The van der Waals surface area contributed by atoms with Crippen molar-refractivity contribution >= 4 is 64.5 Å². The van der Waals surface area contributed by atoms with E-state index in [1.807, 2.05) is 74.8 Å². The second kappa shape index (κ2) is 19.3. The van der Waals surface area contributed by atoms with Gasteiger partial charge >= 0.3 is 230 Å². The van der Waals surface area contributed by atoms with Gasteiger partial charge in [-0.3, -0.25) is 0 Å². The van der Waals surface area contributed by atoms with Gasteiger partial charge < -0.3 is 4.90 Å². The first-order valence-corrected chi connectivity index (χ1v) is 21.1. The molecule has 55 heavy (non-hydrogen) atoms. The summed E-state index contributed by atoms with van der Waals surface area (Å²) in [5.74, 6) is 1.08. The number of aromatic nitrogens is 1. The second-order valence-electron chi connectivity index (χ2n) is 14.1. The van der Waals surface area contributed by atoms with E-state index in [4.69, 9.17) is 20.7 Å². The number of ether oxygens (including phenoxy) is 1. The molecule has 5 aromatic rings. The van der Waals surface area contributed by atoms with Gasteiger partial charge in [-0.15, -0.1) is 0 Å². The summed E-state index contributed by atoms with van der Waals surface area (Å²) in [6.07, 6.45) is 20.9. The average Bonchev–Trinajstić information content (AvgIpc) is 3.63. The van der Waals surface area contributed by atoms with Gasteiger partial charge in [-0.05, 0) is 12.8 Å². The number of hydrogen-bond acceptors (Lipinski definition) is 6. The predicted molar refractivity (Wildman–Crippen MR) is 231 cm³/mol. The monoisotopic (exact) mass is 798 g/mol. The van der Waals surface area contributed by atoms with Crippen LogP contribution >= 0.6 is 0 Å². The quantitative estimate of drug-likeness (QED) is 0.0404. The summed E-state index contributed by atoms with van der Waals surface area (Å²) in [5.41, 5.74) is 5.94. The number of rotatable bonds is 17. The second-order valence-corrected chi connectivity index (χ2v) is 16.2. The van der Waals surface area contributed by atoms with Gasteiger partial charge in [0.1, 0.15) is 0 Å². The van der Waals surface area contributed by atoms with E-state index in [9.17, 15) is 4.79 Å². The molecular formula is C47H50N4O3Se. The molecule has 0 aliphatic carbocycles. The first-order chi connectivity index (χ1) is 26.8. The van der Waals surface area contributed by atoms with E-state index in [1.165, 1.54) is 32.1 Å². The van der Waals surface area contributed by atoms with Crippen molar-refractivity contribution in [1.29, 1.82) is 0 Å². The topological polar surface area (TPSA) is 63.2 Å². The molecule has 0 fully saturated rings. The van der Waals surface area contributed by atoms with Crippen molar-refractivity contribution in [3.63, 3.8) is 0 Å². The number of nitrogens with zero attached hydrogens (tertiary/aromatic N) is 4. The molecule has 0 radical (unpaired) electrons. The maximum atomic E-state index is 13.4. The van der Waals surface area contributed by atoms with Gasteiger partial charge in [0.05, 0.1) is 0 Å². The Kier molecular flexibility index (Phi) is 13.8. The Hall–Kier alpha value is -5.35. The molecule has 0 atom stereocenters. The van der Waals surface area contributed by atoms with Crippen LogP contribution in [0.4, 0.5) is 11.4 Å². The van der Waals surface area contributed by atoms with Crippen LogP contribution < -0.4 is 15.4 Å². The third-order valence-corrected chi connectivity index (χ3v) is 11.9. The number of anilines is 2. The number of para-hydroxylation sites is 1. The Labute approximate surface area is 331 Å². The van der Waals surface area contributed by atoms with Crippen LogP contribution in [-0.2, 0) is 4.74 Å². The van der Waals surface area contributed by atoms with E-state index in [0.717, 1.165) is 69.0 Å². The summed E-state index contributed by atoms with van der Waals surface area (Å²) in [4.78, 5) is 26.7. The molecule has 0 bridgehead atoms. The van der Waals surface area contributed by atoms with Crippen molar-refractivity contribution in [3.8, 4) is 0 Å². The van der Waals surface area contributed by atoms with Gasteiger partial charge in [0.25, 0.3) is 0 Å². The Morgan fingerprint density at radius 3 is 2.22 bits per heavy atom. The number of hydrogen-bond donors (Lipinski definition) is 0. The zero-order chi connectivity index (χ0) is 38.6. The van der Waals surface area contributed by atoms with Crippen LogP contribution in [0.1, 0.15) is 80.9 Å². The minimum atomic E-state index is -0.413. The standard InChI is InChI=1S/C47H50N4O3Se/c1-6-8-10-11-12-15-29-51(28-9-7-2)39-25-21-35-30-36(47(52)54-43(35)33-39)22-27-41-32-37(45(48-3)46-49-42-16-13-14-17-44(42)55-46)31-40(53-41)26-20-34-18-23-38(24-19-34)50(4)5/h13-14,16-27,30-33H,6-12,15,28-29H2,1-2,4-5H3/b26-20+,27-22+,45-37-. The Bertz CT molecular complexity index is 2320. The molecule has 2 aromatic heterocycles. The van der Waals surface area contributed by atoms with Crippen LogP contribution in [0.3, 0.4) is 0 Å². The van der Waals surface area contributed by atoms with Gasteiger partial charge in [-0.2, -0.15) is 0 Å². The number of unbranched alkanes of at least 4 members (excludes halogenated alkanes) is 6. The molecule has 0 N–H and O–H groups in total. The Morgan fingerprint density at radius 1 is 0.800 bits per heavy atom. The summed E-state index contributed by atoms with van der Waals surface area (Å²) in [6.45, 7) is 14.6. The molecule has 1 aliphatic heterocycles. The normalized spacial score (nSPS) is 13.9. The molecule has 282 valence electrons. The number of allylic oxidation sites excluding steroid dienone is 5. The maximum absolute atomic E-state index is 13.4. The summed E-state index contributed by atoms with van der Waals surface area (Å²) in [7, 11) is 4.03. The van der Waals surface area contributed by atoms with E-state index in [-0.39, 0.29) is 14.5 Å². The molecule has 3 heterocycles. The van der Waals surface area contributed by atoms with Gasteiger partial charge in [0, 0.05) is 32.9 Å². The van der Waals surface area contributed by atoms with Crippen LogP contribution in [0.2, 0.25) is 0 Å². The zero-order valence-corrected chi connectivity index (χ0v) is 34.1. The van der Waals surface area contributed by atoms with Crippen molar-refractivity contribution in [2.45, 2.75) is 65.2 Å². The molecule has 0 unspecified atom stereocenters. The zero-order valence-electron chi connectivity index (χ0n) is 32.4. The van der Waals surface area contributed by atoms with E-state index >= 15 is 0 Å². The molecule has 7 nitrogen and oxygen atoms in total. The number of benzene rings is 3. The van der Waals surface area contributed by atoms with Crippen molar-refractivity contribution in [2.75, 3.05) is 37.0 Å². The van der Waals surface area contributed by atoms with Crippen LogP contribution in [-0.4, -0.2) is 46.7 Å². The van der Waals surface area contributed by atoms with Crippen LogP contribution in [0.15, 0.2) is 123 Å². The van der Waals surface area contributed by atoms with Gasteiger partial charge in [-0.25, -0.2) is 0 Å². The summed E-state index contributed by atoms with van der Waals surface area (Å²) < 4.78 is 14.2. The minimum absolute atomic E-state index is 0.0884. The predicted octanol–water partition coefficient (Wildman–Crippen LogP) is 11.3. The molecule has 0 saturated heterocycles. The summed E-state index contributed by atoms with van der Waals surface area (Å²) >= 11 is -0.0884. The SMILES string of the molecule is [C-]#[N+]/C(=C1C=C(/C=C/c2ccc(N(C)C)cc2)OC(/C=C/c2cc3ccc(N(CCCC)CCCCCCCC)cc3oc2=O)=C/1)c1nc2ccccc2[se]1. The van der Waals surface area contributed by atoms with Crippen LogP contribution in [0.25, 0.3) is 43.4 Å². The average molecular weight is 798 g/mol. The molecule has 8 heteroatoms. The van der Waals surface area contributed by atoms with E-state index in [0.29, 0.717) is 33.9 Å². The molecule has 0 saturated carbocycles. The number of fused-ring (bicyclic) bond motifs is 2. The fourth-order valence-corrected chi connectivity index (χ4v) is 8.57. The van der Waals surface area contributed by atoms with Gasteiger partial charge in [-0.1, -0.05) is 52.4 Å². The van der Waals surface area contributed by atoms with Crippen LogP contribution in [0.5, 0.6) is 0 Å². The first kappa shape index (κ1) is 39.3. The molecule has 0 spiro atoms. The molecule has 3 aromatic carbocycles. The van der Waals surface area contributed by atoms with Crippen LogP contribution in [0, 0.1) is 6.57 Å². The van der Waals surface area contributed by atoms with E-state index in [2.05, 4.69) is 64.9 Å². The Balaban J connectivity index is 1.28. The van der Waals surface area contributed by atoms with Crippen molar-refractivity contribution < 1.29 is 9.15 Å². The van der Waals surface area contributed by atoms with E-state index in [1.54, 1.807) is 12.2 Å². The van der Waals surface area contributed by atoms with E-state index < -0.39 is 5.63 Å². The third kappa shape index (κ3) is 10.5.